The normalized spacial score (nSPS) is 30.2. The zero-order valence-corrected chi connectivity index (χ0v) is 12.3. The molecule has 0 N–H and O–H groups in total. The van der Waals surface area contributed by atoms with E-state index < -0.39 is 0 Å². The molecule has 19 heavy (non-hydrogen) atoms. The highest BCUT2D eigenvalue weighted by Gasteiger charge is 2.34. The van der Waals surface area contributed by atoms with Gasteiger partial charge in [-0.2, -0.15) is 0 Å². The van der Waals surface area contributed by atoms with Crippen molar-refractivity contribution < 1.29 is 0 Å². The van der Waals surface area contributed by atoms with Crippen LogP contribution in [0.15, 0.2) is 30.3 Å². The lowest BCUT2D eigenvalue weighted by atomic mass is 9.98. The van der Waals surface area contributed by atoms with Crippen LogP contribution < -0.4 is 0 Å². The van der Waals surface area contributed by atoms with E-state index in [0.717, 1.165) is 6.04 Å². The first-order valence-electron chi connectivity index (χ1n) is 7.77. The average Bonchev–Trinajstić information content (AvgIpc) is 2.87. The number of hydrogen-bond acceptors (Lipinski definition) is 2. The monoisotopic (exact) mass is 258 g/mol. The molecule has 2 aliphatic rings. The Morgan fingerprint density at radius 1 is 1.21 bits per heavy atom. The van der Waals surface area contributed by atoms with Crippen molar-refractivity contribution in [3.8, 4) is 0 Å². The smallest absolute Gasteiger partial charge is 0.0224 e. The molecule has 0 unspecified atom stereocenters. The summed E-state index contributed by atoms with van der Waals surface area (Å²) in [6, 6.07) is 12.5. The minimum Gasteiger partial charge on any atom is -0.298 e. The maximum absolute atomic E-state index is 2.71. The second-order valence-electron chi connectivity index (χ2n) is 6.41. The Hall–Kier alpha value is -0.860. The number of benzene rings is 1. The van der Waals surface area contributed by atoms with Gasteiger partial charge in [0.2, 0.25) is 0 Å². The van der Waals surface area contributed by atoms with Crippen molar-refractivity contribution in [2.45, 2.75) is 44.7 Å². The molecular formula is C17H26N2. The summed E-state index contributed by atoms with van der Waals surface area (Å²) in [5.41, 5.74) is 1.48. The largest absolute Gasteiger partial charge is 0.298 e. The lowest BCUT2D eigenvalue weighted by molar-refractivity contribution is 0.0561. The Balaban J connectivity index is 1.63. The molecule has 0 radical (unpaired) electrons. The number of fused-ring (bicyclic) bond motifs is 1. The fourth-order valence-corrected chi connectivity index (χ4v) is 3.74. The molecule has 0 amide bonds. The van der Waals surface area contributed by atoms with E-state index >= 15 is 0 Å². The van der Waals surface area contributed by atoms with Crippen LogP contribution >= 0.6 is 0 Å². The highest BCUT2D eigenvalue weighted by Crippen LogP contribution is 2.26. The van der Waals surface area contributed by atoms with Crippen LogP contribution in [0, 0.1) is 0 Å². The van der Waals surface area contributed by atoms with Gasteiger partial charge in [0.15, 0.2) is 0 Å². The van der Waals surface area contributed by atoms with Crippen LogP contribution in [0.2, 0.25) is 0 Å². The first-order valence-corrected chi connectivity index (χ1v) is 7.77. The standard InChI is InChI=1S/C17H26N2/c1-14(16-7-4-3-5-8-16)11-19-13-17-9-6-10-18(17)12-15(19)2/h3-5,7-8,14-15,17H,6,9-13H2,1-2H3/t14-,15-,17-/m0/s1. The summed E-state index contributed by atoms with van der Waals surface area (Å²) in [6.45, 7) is 9.84. The van der Waals surface area contributed by atoms with Crippen LogP contribution in [-0.2, 0) is 0 Å². The third-order valence-electron chi connectivity index (χ3n) is 4.94. The molecule has 3 atom stereocenters. The number of nitrogens with zero attached hydrogens (tertiary/aromatic N) is 2. The molecule has 2 aliphatic heterocycles. The molecule has 0 saturated carbocycles. The molecule has 1 aromatic carbocycles. The maximum atomic E-state index is 2.71. The van der Waals surface area contributed by atoms with Crippen molar-refractivity contribution in [3.05, 3.63) is 35.9 Å². The molecule has 2 heteroatoms. The highest BCUT2D eigenvalue weighted by atomic mass is 15.3. The molecule has 2 heterocycles. The van der Waals surface area contributed by atoms with Gasteiger partial charge in [0.25, 0.3) is 0 Å². The van der Waals surface area contributed by atoms with Gasteiger partial charge in [0.05, 0.1) is 0 Å². The summed E-state index contributed by atoms with van der Waals surface area (Å²) in [7, 11) is 0. The van der Waals surface area contributed by atoms with Crippen molar-refractivity contribution >= 4 is 0 Å². The number of hydrogen-bond donors (Lipinski definition) is 0. The van der Waals surface area contributed by atoms with Crippen LogP contribution in [0.4, 0.5) is 0 Å². The van der Waals surface area contributed by atoms with E-state index in [-0.39, 0.29) is 0 Å². The van der Waals surface area contributed by atoms with Crippen LogP contribution in [0.1, 0.15) is 38.2 Å². The van der Waals surface area contributed by atoms with Gasteiger partial charge in [0, 0.05) is 31.7 Å². The Kier molecular flexibility index (Phi) is 3.90. The maximum Gasteiger partial charge on any atom is 0.0224 e. The number of piperazine rings is 1. The van der Waals surface area contributed by atoms with E-state index in [0.29, 0.717) is 12.0 Å². The van der Waals surface area contributed by atoms with E-state index in [1.165, 1.54) is 44.6 Å². The second-order valence-corrected chi connectivity index (χ2v) is 6.41. The first kappa shape index (κ1) is 13.1. The molecule has 2 saturated heterocycles. The molecule has 104 valence electrons. The van der Waals surface area contributed by atoms with E-state index in [9.17, 15) is 0 Å². The third-order valence-corrected chi connectivity index (χ3v) is 4.94. The van der Waals surface area contributed by atoms with Gasteiger partial charge in [-0.25, -0.2) is 0 Å². The lowest BCUT2D eigenvalue weighted by Gasteiger charge is -2.43. The third kappa shape index (κ3) is 2.85. The van der Waals surface area contributed by atoms with Crippen LogP contribution in [0.25, 0.3) is 0 Å². The van der Waals surface area contributed by atoms with E-state index in [1.807, 2.05) is 0 Å². The van der Waals surface area contributed by atoms with E-state index in [1.54, 1.807) is 0 Å². The summed E-state index contributed by atoms with van der Waals surface area (Å²) in [4.78, 5) is 5.42. The van der Waals surface area contributed by atoms with Crippen molar-refractivity contribution in [2.24, 2.45) is 0 Å². The van der Waals surface area contributed by atoms with Crippen LogP contribution in [0.3, 0.4) is 0 Å². The summed E-state index contributed by atoms with van der Waals surface area (Å²) >= 11 is 0. The van der Waals surface area contributed by atoms with Crippen LogP contribution in [0.5, 0.6) is 0 Å². The van der Waals surface area contributed by atoms with E-state index in [4.69, 9.17) is 0 Å². The average molecular weight is 258 g/mol. The van der Waals surface area contributed by atoms with Crippen molar-refractivity contribution in [1.82, 2.24) is 9.80 Å². The van der Waals surface area contributed by atoms with Crippen molar-refractivity contribution in [2.75, 3.05) is 26.2 Å². The fourth-order valence-electron chi connectivity index (χ4n) is 3.74. The molecule has 0 spiro atoms. The van der Waals surface area contributed by atoms with E-state index in [2.05, 4.69) is 54.0 Å². The molecule has 2 nitrogen and oxygen atoms in total. The molecule has 0 aromatic heterocycles. The molecule has 2 fully saturated rings. The number of rotatable bonds is 3. The van der Waals surface area contributed by atoms with Gasteiger partial charge in [-0.3, -0.25) is 9.80 Å². The summed E-state index contributed by atoms with van der Waals surface area (Å²) in [6.07, 6.45) is 2.81. The quantitative estimate of drug-likeness (QED) is 0.822. The molecule has 0 aliphatic carbocycles. The minimum atomic E-state index is 0.636. The van der Waals surface area contributed by atoms with Gasteiger partial charge < -0.3 is 0 Å². The Morgan fingerprint density at radius 3 is 2.79 bits per heavy atom. The Labute approximate surface area is 117 Å². The lowest BCUT2D eigenvalue weighted by Crippen LogP contribution is -2.55. The summed E-state index contributed by atoms with van der Waals surface area (Å²) in [5.74, 6) is 0.636. The molecular weight excluding hydrogens is 232 g/mol. The molecule has 3 rings (SSSR count). The van der Waals surface area contributed by atoms with Gasteiger partial charge >= 0.3 is 0 Å². The van der Waals surface area contributed by atoms with Crippen molar-refractivity contribution in [1.29, 1.82) is 0 Å². The van der Waals surface area contributed by atoms with Crippen LogP contribution in [-0.4, -0.2) is 48.1 Å². The zero-order chi connectivity index (χ0) is 13.2. The van der Waals surface area contributed by atoms with Crippen molar-refractivity contribution in [3.63, 3.8) is 0 Å². The Bertz CT molecular complexity index is 403. The molecule has 1 aromatic rings. The zero-order valence-electron chi connectivity index (χ0n) is 12.3. The summed E-state index contributed by atoms with van der Waals surface area (Å²) in [5, 5.41) is 0. The minimum absolute atomic E-state index is 0.636. The van der Waals surface area contributed by atoms with Gasteiger partial charge in [-0.05, 0) is 37.8 Å². The van der Waals surface area contributed by atoms with Gasteiger partial charge in [-0.15, -0.1) is 0 Å². The first-order chi connectivity index (χ1) is 9.24. The fraction of sp³-hybridized carbons (Fsp3) is 0.647. The SMILES string of the molecule is C[C@@H](CN1C[C@@H]2CCCN2C[C@@H]1C)c1ccccc1. The summed E-state index contributed by atoms with van der Waals surface area (Å²) < 4.78 is 0. The van der Waals surface area contributed by atoms with Gasteiger partial charge in [-0.1, -0.05) is 37.3 Å². The topological polar surface area (TPSA) is 6.48 Å². The van der Waals surface area contributed by atoms with Gasteiger partial charge in [0.1, 0.15) is 0 Å². The highest BCUT2D eigenvalue weighted by molar-refractivity contribution is 5.19. The molecule has 0 bridgehead atoms. The predicted octanol–water partition coefficient (Wildman–Crippen LogP) is 2.96. The second kappa shape index (κ2) is 5.64. The predicted molar refractivity (Wildman–Crippen MR) is 80.5 cm³/mol. The Morgan fingerprint density at radius 2 is 2.00 bits per heavy atom.